The lowest BCUT2D eigenvalue weighted by molar-refractivity contribution is -0.870. The normalized spacial score (nSPS) is 14.9. The Morgan fingerprint density at radius 1 is 0.649 bits per heavy atom. The number of likely N-dealkylation sites (N-methyl/N-ethyl adjacent to an activating group) is 1. The molecule has 0 bridgehead atoms. The van der Waals surface area contributed by atoms with E-state index in [1.807, 2.05) is 33.3 Å². The fourth-order valence-corrected chi connectivity index (χ4v) is 6.04. The van der Waals surface area contributed by atoms with E-state index in [2.05, 4.69) is 62.5 Å². The second kappa shape index (κ2) is 37.7. The molecule has 0 saturated carbocycles. The van der Waals surface area contributed by atoms with Gasteiger partial charge in [-0.25, -0.2) is 0 Å². The predicted octanol–water partition coefficient (Wildman–Crippen LogP) is 10.6. The van der Waals surface area contributed by atoms with Crippen LogP contribution < -0.4 is 4.89 Å². The number of carbonyl (C=O) groups excluding carboxylic acids is 2. The summed E-state index contributed by atoms with van der Waals surface area (Å²) in [5, 5.41) is 10.3. The largest absolute Gasteiger partial charge is 0.756 e. The number of aliphatic hydroxyl groups excluding tert-OH is 1. The molecule has 0 fully saturated rings. The van der Waals surface area contributed by atoms with E-state index in [4.69, 9.17) is 18.5 Å². The molecule has 0 rings (SSSR count). The number of nitrogens with zero attached hydrogens (tertiary/aromatic N) is 1. The Balaban J connectivity index is 4.63. The number of phosphoric ester groups is 1. The molecule has 1 N–H and O–H groups in total. The molecule has 0 heterocycles. The molecule has 0 aliphatic carbocycles. The third-order valence-corrected chi connectivity index (χ3v) is 9.77. The fraction of sp³-hybridized carbons (Fsp3) is 0.696. The number of esters is 2. The quantitative estimate of drug-likeness (QED) is 0.0161. The van der Waals surface area contributed by atoms with Gasteiger partial charge in [0.2, 0.25) is 0 Å². The van der Waals surface area contributed by atoms with Crippen molar-refractivity contribution < 1.29 is 47.2 Å². The Labute approximate surface area is 347 Å². The van der Waals surface area contributed by atoms with Crippen LogP contribution in [0.3, 0.4) is 0 Å². The van der Waals surface area contributed by atoms with Gasteiger partial charge in [-0.2, -0.15) is 0 Å². The van der Waals surface area contributed by atoms with Crippen LogP contribution in [0.25, 0.3) is 0 Å². The third-order valence-electron chi connectivity index (χ3n) is 8.80. The van der Waals surface area contributed by atoms with Crippen LogP contribution in [-0.2, 0) is 32.7 Å². The molecule has 0 aromatic rings. The highest BCUT2D eigenvalue weighted by atomic mass is 31.2. The number of hydrogen-bond donors (Lipinski definition) is 1. The van der Waals surface area contributed by atoms with Gasteiger partial charge in [0.05, 0.1) is 33.9 Å². The standard InChI is InChI=1S/C46H80NO9P/c1-6-8-10-12-14-16-18-20-21-23-25-27-29-31-33-37-46(50)56-44(42-55-57(51,52)54-40-39-47(3,4)5)41-53-45(49)38-34-36-43(48)35-32-30-28-26-24-22-19-17-15-13-11-9-7-2/h14,16,20-22,24-25,27-28,30,32,35,43-44,48H,6-13,15,17-19,23,26,29,31,33-34,36-42H2,1-5H3/b16-14-,21-20-,24-22+,27-25-,30-28+,35-32+/t43?,44-/m1/s1. The van der Waals surface area contributed by atoms with Gasteiger partial charge in [-0.15, -0.1) is 0 Å². The minimum absolute atomic E-state index is 0.0410. The zero-order valence-corrected chi connectivity index (χ0v) is 37.3. The molecule has 0 radical (unpaired) electrons. The van der Waals surface area contributed by atoms with Gasteiger partial charge < -0.3 is 33.0 Å². The predicted molar refractivity (Wildman–Crippen MR) is 232 cm³/mol. The molecule has 10 nitrogen and oxygen atoms in total. The van der Waals surface area contributed by atoms with Crippen molar-refractivity contribution >= 4 is 19.8 Å². The first-order valence-corrected chi connectivity index (χ1v) is 23.2. The van der Waals surface area contributed by atoms with Crippen molar-refractivity contribution in [3.8, 4) is 0 Å². The minimum Gasteiger partial charge on any atom is -0.756 e. The van der Waals surface area contributed by atoms with Gasteiger partial charge >= 0.3 is 11.9 Å². The molecule has 328 valence electrons. The van der Waals surface area contributed by atoms with E-state index >= 15 is 0 Å². The summed E-state index contributed by atoms with van der Waals surface area (Å²) in [5.74, 6) is -1.08. The van der Waals surface area contributed by atoms with Crippen molar-refractivity contribution in [1.29, 1.82) is 0 Å². The zero-order valence-electron chi connectivity index (χ0n) is 36.4. The molecule has 0 aromatic heterocycles. The van der Waals surface area contributed by atoms with E-state index in [0.717, 1.165) is 44.9 Å². The lowest BCUT2D eigenvalue weighted by Crippen LogP contribution is -2.37. The van der Waals surface area contributed by atoms with Crippen LogP contribution in [0.1, 0.15) is 149 Å². The Hall–Kier alpha value is -2.59. The maximum atomic E-state index is 12.6. The lowest BCUT2D eigenvalue weighted by Gasteiger charge is -2.28. The van der Waals surface area contributed by atoms with E-state index in [0.29, 0.717) is 30.3 Å². The zero-order chi connectivity index (χ0) is 42.3. The highest BCUT2D eigenvalue weighted by molar-refractivity contribution is 7.45. The van der Waals surface area contributed by atoms with E-state index < -0.39 is 38.6 Å². The van der Waals surface area contributed by atoms with Crippen LogP contribution in [0, 0.1) is 0 Å². The molecule has 0 aliphatic rings. The second-order valence-electron chi connectivity index (χ2n) is 15.5. The van der Waals surface area contributed by atoms with Crippen LogP contribution in [-0.4, -0.2) is 81.2 Å². The van der Waals surface area contributed by atoms with Gasteiger partial charge in [-0.3, -0.25) is 14.2 Å². The number of allylic oxidation sites excluding steroid dienone is 11. The van der Waals surface area contributed by atoms with Crippen molar-refractivity contribution in [1.82, 2.24) is 0 Å². The van der Waals surface area contributed by atoms with Gasteiger partial charge in [0.25, 0.3) is 7.82 Å². The molecule has 3 atom stereocenters. The number of hydrogen-bond acceptors (Lipinski definition) is 9. The third kappa shape index (κ3) is 41.4. The van der Waals surface area contributed by atoms with Gasteiger partial charge in [-0.1, -0.05) is 132 Å². The summed E-state index contributed by atoms with van der Waals surface area (Å²) in [5.41, 5.74) is 0. The lowest BCUT2D eigenvalue weighted by atomic mass is 10.1. The van der Waals surface area contributed by atoms with Crippen LogP contribution in [0.15, 0.2) is 72.9 Å². The van der Waals surface area contributed by atoms with Gasteiger partial charge in [0, 0.05) is 12.8 Å². The van der Waals surface area contributed by atoms with E-state index in [-0.39, 0.29) is 26.1 Å². The van der Waals surface area contributed by atoms with Gasteiger partial charge in [0.15, 0.2) is 6.10 Å². The van der Waals surface area contributed by atoms with Crippen molar-refractivity contribution in [2.75, 3.05) is 47.5 Å². The summed E-state index contributed by atoms with van der Waals surface area (Å²) in [7, 11) is 1.03. The first-order valence-electron chi connectivity index (χ1n) is 21.8. The Kier molecular flexibility index (Phi) is 36.0. The fourth-order valence-electron chi connectivity index (χ4n) is 5.32. The Bertz CT molecular complexity index is 1220. The highest BCUT2D eigenvalue weighted by Crippen LogP contribution is 2.38. The van der Waals surface area contributed by atoms with Crippen molar-refractivity contribution in [3.05, 3.63) is 72.9 Å². The van der Waals surface area contributed by atoms with Crippen molar-refractivity contribution in [3.63, 3.8) is 0 Å². The van der Waals surface area contributed by atoms with E-state index in [1.165, 1.54) is 57.8 Å². The van der Waals surface area contributed by atoms with Crippen LogP contribution in [0.4, 0.5) is 0 Å². The smallest absolute Gasteiger partial charge is 0.306 e. The number of unbranched alkanes of at least 4 members (excludes halogenated alkanes) is 11. The van der Waals surface area contributed by atoms with Crippen molar-refractivity contribution in [2.45, 2.75) is 161 Å². The van der Waals surface area contributed by atoms with Crippen LogP contribution >= 0.6 is 7.82 Å². The molecule has 0 aromatic carbocycles. The monoisotopic (exact) mass is 822 g/mol. The van der Waals surface area contributed by atoms with E-state index in [9.17, 15) is 24.2 Å². The molecule has 0 saturated heterocycles. The topological polar surface area (TPSA) is 131 Å². The van der Waals surface area contributed by atoms with Crippen LogP contribution in [0.2, 0.25) is 0 Å². The average Bonchev–Trinajstić information content (AvgIpc) is 3.15. The number of ether oxygens (including phenoxy) is 2. The summed E-state index contributed by atoms with van der Waals surface area (Å²) in [6.07, 6.45) is 42.5. The second-order valence-corrected chi connectivity index (χ2v) is 17.0. The number of aliphatic hydroxyl groups is 1. The average molecular weight is 822 g/mol. The molecule has 0 amide bonds. The number of carbonyl (C=O) groups is 2. The summed E-state index contributed by atoms with van der Waals surface area (Å²) in [6, 6.07) is 0. The van der Waals surface area contributed by atoms with Crippen molar-refractivity contribution in [2.24, 2.45) is 0 Å². The van der Waals surface area contributed by atoms with Gasteiger partial charge in [0.1, 0.15) is 19.8 Å². The number of phosphoric acid groups is 1. The van der Waals surface area contributed by atoms with Crippen LogP contribution in [0.5, 0.6) is 0 Å². The van der Waals surface area contributed by atoms with Gasteiger partial charge in [-0.05, 0) is 77.0 Å². The number of rotatable bonds is 38. The Morgan fingerprint density at radius 2 is 1.18 bits per heavy atom. The maximum absolute atomic E-state index is 12.6. The summed E-state index contributed by atoms with van der Waals surface area (Å²) in [6.45, 7) is 3.90. The molecule has 11 heteroatoms. The summed E-state index contributed by atoms with van der Waals surface area (Å²) in [4.78, 5) is 37.5. The molecular weight excluding hydrogens is 741 g/mol. The highest BCUT2D eigenvalue weighted by Gasteiger charge is 2.21. The molecule has 2 unspecified atom stereocenters. The first-order chi connectivity index (χ1) is 27.4. The molecule has 57 heavy (non-hydrogen) atoms. The summed E-state index contributed by atoms with van der Waals surface area (Å²) < 4.78 is 33.7. The van der Waals surface area contributed by atoms with E-state index in [1.54, 1.807) is 12.2 Å². The Morgan fingerprint density at radius 3 is 1.81 bits per heavy atom. The minimum atomic E-state index is -4.68. The molecule has 0 aliphatic heterocycles. The maximum Gasteiger partial charge on any atom is 0.306 e. The molecular formula is C46H80NO9P. The molecule has 0 spiro atoms. The number of quaternary nitrogens is 1. The summed E-state index contributed by atoms with van der Waals surface area (Å²) >= 11 is 0. The first kappa shape index (κ1) is 54.4. The SMILES string of the molecule is CCCCC/C=C\C/C=C\C/C=C\CCCCC(=O)O[C@H](COC(=O)CCCC(O)/C=C/C=C/C/C=C/CCCCCCCC)COP(=O)([O-])OCC[N+](C)(C)C.